The van der Waals surface area contributed by atoms with Crippen molar-refractivity contribution in [2.45, 2.75) is 13.8 Å². The quantitative estimate of drug-likeness (QED) is 0.277. The van der Waals surface area contributed by atoms with Crippen LogP contribution in [-0.4, -0.2) is 29.2 Å². The van der Waals surface area contributed by atoms with Crippen molar-refractivity contribution in [3.05, 3.63) is 65.2 Å². The van der Waals surface area contributed by atoms with Crippen LogP contribution in [0.15, 0.2) is 68.9 Å². The summed E-state index contributed by atoms with van der Waals surface area (Å²) >= 11 is 0. The Morgan fingerprint density at radius 3 is 1.79 bits per heavy atom. The second kappa shape index (κ2) is 9.65. The minimum absolute atomic E-state index is 0.124. The van der Waals surface area contributed by atoms with Crippen LogP contribution in [0.25, 0.3) is 0 Å². The maximum absolute atomic E-state index is 12.5. The Morgan fingerprint density at radius 2 is 1.24 bits per heavy atom. The van der Waals surface area contributed by atoms with Crippen molar-refractivity contribution >= 4 is 34.9 Å². The molecular formula is C19H23N9O. The van der Waals surface area contributed by atoms with Crippen molar-refractivity contribution in [1.82, 2.24) is 0 Å². The molecule has 0 aliphatic heterocycles. The highest BCUT2D eigenvalue weighted by atomic mass is 16.1. The largest absolute Gasteiger partial charge is 0.369 e. The summed E-state index contributed by atoms with van der Waals surface area (Å²) in [5.74, 6) is -0.511. The molecule has 0 bridgehead atoms. The second-order valence-corrected chi connectivity index (χ2v) is 6.03. The summed E-state index contributed by atoms with van der Waals surface area (Å²) in [6.45, 7) is 3.53. The van der Waals surface area contributed by atoms with Gasteiger partial charge in [0.25, 0.3) is 5.91 Å². The van der Waals surface area contributed by atoms with Crippen LogP contribution in [0.3, 0.4) is 0 Å². The van der Waals surface area contributed by atoms with E-state index in [1.807, 2.05) is 6.07 Å². The zero-order valence-electron chi connectivity index (χ0n) is 16.1. The summed E-state index contributed by atoms with van der Waals surface area (Å²) in [5.41, 5.74) is 25.0. The van der Waals surface area contributed by atoms with Gasteiger partial charge in [0.1, 0.15) is 0 Å². The molecule has 150 valence electrons. The Hall–Kier alpha value is -4.21. The fourth-order valence-corrected chi connectivity index (χ4v) is 2.27. The molecule has 0 aliphatic rings. The Labute approximate surface area is 168 Å². The molecule has 10 nitrogen and oxygen atoms in total. The van der Waals surface area contributed by atoms with Crippen molar-refractivity contribution in [1.29, 1.82) is 0 Å². The highest BCUT2D eigenvalue weighted by Crippen LogP contribution is 2.14. The molecule has 0 unspecified atom stereocenters. The lowest BCUT2D eigenvalue weighted by molar-refractivity contribution is 0.102. The molecule has 0 heterocycles. The molecule has 0 fully saturated rings. The zero-order valence-corrected chi connectivity index (χ0v) is 16.1. The van der Waals surface area contributed by atoms with Crippen LogP contribution in [0.4, 0.5) is 5.69 Å². The lowest BCUT2D eigenvalue weighted by atomic mass is 10.1. The molecule has 2 rings (SSSR count). The van der Waals surface area contributed by atoms with Gasteiger partial charge in [-0.25, -0.2) is 0 Å². The third kappa shape index (κ3) is 6.47. The van der Waals surface area contributed by atoms with Crippen LogP contribution >= 0.6 is 0 Å². The fourth-order valence-electron chi connectivity index (χ4n) is 2.27. The molecule has 10 heteroatoms. The first-order valence-corrected chi connectivity index (χ1v) is 8.55. The Morgan fingerprint density at radius 1 is 0.724 bits per heavy atom. The summed E-state index contributed by atoms with van der Waals surface area (Å²) in [7, 11) is 0. The first kappa shape index (κ1) is 21.1. The molecular weight excluding hydrogens is 370 g/mol. The van der Waals surface area contributed by atoms with Crippen LogP contribution in [-0.2, 0) is 0 Å². The number of carbonyl (C=O) groups is 1. The van der Waals surface area contributed by atoms with Gasteiger partial charge in [-0.3, -0.25) is 4.79 Å². The molecule has 1 amide bonds. The van der Waals surface area contributed by atoms with Crippen molar-refractivity contribution in [3.63, 3.8) is 0 Å². The molecule has 0 saturated carbocycles. The number of nitrogens with one attached hydrogen (secondary N) is 1. The van der Waals surface area contributed by atoms with E-state index in [1.165, 1.54) is 0 Å². The molecule has 29 heavy (non-hydrogen) atoms. The monoisotopic (exact) mass is 393 g/mol. The maximum Gasteiger partial charge on any atom is 0.255 e. The molecule has 0 aliphatic carbocycles. The van der Waals surface area contributed by atoms with Gasteiger partial charge in [-0.05, 0) is 49.2 Å². The van der Waals surface area contributed by atoms with Crippen molar-refractivity contribution < 1.29 is 4.79 Å². The predicted molar refractivity (Wildman–Crippen MR) is 117 cm³/mol. The van der Waals surface area contributed by atoms with Gasteiger partial charge in [0.2, 0.25) is 11.9 Å². The first-order valence-electron chi connectivity index (χ1n) is 8.55. The van der Waals surface area contributed by atoms with E-state index in [2.05, 4.69) is 25.7 Å². The number of rotatable bonds is 6. The van der Waals surface area contributed by atoms with E-state index in [1.54, 1.807) is 56.3 Å². The normalized spacial score (nSPS) is 11.5. The summed E-state index contributed by atoms with van der Waals surface area (Å²) < 4.78 is 0. The van der Waals surface area contributed by atoms with Crippen molar-refractivity contribution in [2.24, 2.45) is 43.3 Å². The van der Waals surface area contributed by atoms with Crippen LogP contribution in [0.1, 0.15) is 35.3 Å². The average Bonchev–Trinajstić information content (AvgIpc) is 2.70. The lowest BCUT2D eigenvalue weighted by Crippen LogP contribution is -2.22. The minimum Gasteiger partial charge on any atom is -0.369 e. The summed E-state index contributed by atoms with van der Waals surface area (Å²) in [5, 5.41) is 17.9. The van der Waals surface area contributed by atoms with Crippen molar-refractivity contribution in [2.75, 3.05) is 5.32 Å². The number of benzene rings is 2. The SMILES string of the molecule is CC(=NN=C(N)N)c1ccc(C(=O)Nc2cccc(C(C)=NN=C(N)N)c2)cc1. The van der Waals surface area contributed by atoms with E-state index >= 15 is 0 Å². The Balaban J connectivity index is 2.14. The third-order valence-electron chi connectivity index (χ3n) is 3.73. The number of carbonyl (C=O) groups excluding carboxylic acids is 1. The van der Waals surface area contributed by atoms with Crippen LogP contribution < -0.4 is 28.3 Å². The summed E-state index contributed by atoms with van der Waals surface area (Å²) in [4.78, 5) is 12.5. The average molecular weight is 393 g/mol. The number of guanidine groups is 2. The van der Waals surface area contributed by atoms with Crippen molar-refractivity contribution in [3.8, 4) is 0 Å². The van der Waals surface area contributed by atoms with Gasteiger partial charge in [-0.2, -0.15) is 10.2 Å². The summed E-state index contributed by atoms with van der Waals surface area (Å²) in [6.07, 6.45) is 0. The highest BCUT2D eigenvalue weighted by molar-refractivity contribution is 6.06. The van der Waals surface area contributed by atoms with Gasteiger partial charge < -0.3 is 28.3 Å². The van der Waals surface area contributed by atoms with E-state index in [0.29, 0.717) is 22.7 Å². The highest BCUT2D eigenvalue weighted by Gasteiger charge is 2.08. The van der Waals surface area contributed by atoms with Gasteiger partial charge in [-0.15, -0.1) is 10.2 Å². The van der Waals surface area contributed by atoms with E-state index < -0.39 is 0 Å². The van der Waals surface area contributed by atoms with Gasteiger partial charge in [0, 0.05) is 11.3 Å². The Bertz CT molecular complexity index is 997. The topological polar surface area (TPSA) is 183 Å². The van der Waals surface area contributed by atoms with Gasteiger partial charge >= 0.3 is 0 Å². The maximum atomic E-state index is 12.5. The smallest absolute Gasteiger partial charge is 0.255 e. The molecule has 0 radical (unpaired) electrons. The molecule has 2 aromatic rings. The Kier molecular flexibility index (Phi) is 7.02. The molecule has 0 atom stereocenters. The second-order valence-electron chi connectivity index (χ2n) is 6.03. The molecule has 2 aromatic carbocycles. The molecule has 0 spiro atoms. The first-order chi connectivity index (χ1) is 13.8. The van der Waals surface area contributed by atoms with E-state index in [-0.39, 0.29) is 17.8 Å². The fraction of sp³-hybridized carbons (Fsp3) is 0.105. The van der Waals surface area contributed by atoms with Gasteiger partial charge in [0.05, 0.1) is 11.4 Å². The summed E-state index contributed by atoms with van der Waals surface area (Å²) in [6, 6.07) is 14.1. The third-order valence-corrected chi connectivity index (χ3v) is 3.73. The zero-order chi connectivity index (χ0) is 21.4. The van der Waals surface area contributed by atoms with Crippen LogP contribution in [0, 0.1) is 0 Å². The lowest BCUT2D eigenvalue weighted by Gasteiger charge is -2.08. The predicted octanol–water partition coefficient (Wildman–Crippen LogP) is 0.934. The minimum atomic E-state index is -0.258. The number of nitrogens with zero attached hydrogens (tertiary/aromatic N) is 4. The van der Waals surface area contributed by atoms with E-state index in [4.69, 9.17) is 22.9 Å². The van der Waals surface area contributed by atoms with Crippen LogP contribution in [0.2, 0.25) is 0 Å². The number of nitrogens with two attached hydrogens (primary N) is 4. The number of amides is 1. The molecule has 0 aromatic heterocycles. The number of hydrogen-bond acceptors (Lipinski definition) is 5. The molecule has 0 saturated heterocycles. The van der Waals surface area contributed by atoms with E-state index in [0.717, 1.165) is 11.1 Å². The van der Waals surface area contributed by atoms with Crippen LogP contribution in [0.5, 0.6) is 0 Å². The molecule has 9 N–H and O–H groups in total. The van der Waals surface area contributed by atoms with Gasteiger partial charge in [-0.1, -0.05) is 24.3 Å². The number of hydrogen-bond donors (Lipinski definition) is 5. The number of anilines is 1. The standard InChI is InChI=1S/C19H23N9O/c1-11(25-27-18(20)21)13-6-8-14(9-7-13)17(29)24-16-5-3-4-15(10-16)12(2)26-28-19(22)23/h3-10H,1-2H3,(H,24,29)(H4,20,21,27)(H4,22,23,28). The van der Waals surface area contributed by atoms with E-state index in [9.17, 15) is 4.79 Å². The van der Waals surface area contributed by atoms with Gasteiger partial charge in [0.15, 0.2) is 0 Å².